The number of carbonyl (C=O) groups is 1. The standard InChI is InChI=1S/C25H26N2O5S/c1-15-21(25(28)32-14-16-9-7-6-8-10-16)22(18(13-26)24(27-15)33-5)17-11-19(29-2)23(31-4)20(12-17)30-3/h6-12,22,27H,14H2,1-5H3. The number of nitriles is 1. The van der Waals surface area contributed by atoms with E-state index in [0.717, 1.165) is 5.56 Å². The van der Waals surface area contributed by atoms with Gasteiger partial charge in [0, 0.05) is 5.70 Å². The summed E-state index contributed by atoms with van der Waals surface area (Å²) in [5.74, 6) is 0.122. The van der Waals surface area contributed by atoms with Crippen LogP contribution in [0.25, 0.3) is 0 Å². The van der Waals surface area contributed by atoms with Gasteiger partial charge in [-0.1, -0.05) is 30.3 Å². The number of esters is 1. The van der Waals surface area contributed by atoms with E-state index in [1.165, 1.54) is 33.1 Å². The Labute approximate surface area is 198 Å². The van der Waals surface area contributed by atoms with Crippen LogP contribution in [0.3, 0.4) is 0 Å². The number of thioether (sulfide) groups is 1. The van der Waals surface area contributed by atoms with Gasteiger partial charge in [-0.05, 0) is 36.4 Å². The van der Waals surface area contributed by atoms with Crippen LogP contribution in [-0.4, -0.2) is 33.6 Å². The van der Waals surface area contributed by atoms with Crippen molar-refractivity contribution in [1.29, 1.82) is 5.26 Å². The van der Waals surface area contributed by atoms with Crippen molar-refractivity contribution in [3.8, 4) is 23.3 Å². The molecule has 0 saturated carbocycles. The molecule has 0 spiro atoms. The molecular weight excluding hydrogens is 440 g/mol. The molecule has 2 aromatic rings. The molecule has 1 unspecified atom stereocenters. The van der Waals surface area contributed by atoms with Crippen molar-refractivity contribution in [2.45, 2.75) is 19.4 Å². The predicted octanol–water partition coefficient (Wildman–Crippen LogP) is 4.51. The number of nitrogens with one attached hydrogen (secondary N) is 1. The normalized spacial score (nSPS) is 15.5. The zero-order chi connectivity index (χ0) is 24.0. The first kappa shape index (κ1) is 24.1. The van der Waals surface area contributed by atoms with Gasteiger partial charge in [-0.2, -0.15) is 5.26 Å². The SMILES string of the molecule is COc1cc(C2C(C#N)=C(SC)NC(C)=C2C(=O)OCc2ccccc2)cc(OC)c1OC. The van der Waals surface area contributed by atoms with Crippen molar-refractivity contribution in [1.82, 2.24) is 5.32 Å². The number of carbonyl (C=O) groups excluding carboxylic acids is 1. The molecule has 8 heteroatoms. The average Bonchev–Trinajstić information content (AvgIpc) is 2.85. The lowest BCUT2D eigenvalue weighted by molar-refractivity contribution is -0.140. The molecule has 0 radical (unpaired) electrons. The van der Waals surface area contributed by atoms with E-state index in [1.54, 1.807) is 19.1 Å². The first-order valence-corrected chi connectivity index (χ1v) is 11.4. The van der Waals surface area contributed by atoms with Gasteiger partial charge in [0.25, 0.3) is 0 Å². The highest BCUT2D eigenvalue weighted by Gasteiger charge is 2.36. The summed E-state index contributed by atoms with van der Waals surface area (Å²) < 4.78 is 22.1. The molecule has 0 fully saturated rings. The molecule has 7 nitrogen and oxygen atoms in total. The van der Waals surface area contributed by atoms with E-state index in [9.17, 15) is 10.1 Å². The number of hydrogen-bond donors (Lipinski definition) is 1. The fourth-order valence-corrected chi connectivity index (χ4v) is 4.38. The van der Waals surface area contributed by atoms with Crippen LogP contribution in [0, 0.1) is 11.3 Å². The van der Waals surface area contributed by atoms with Gasteiger partial charge in [0.2, 0.25) is 5.75 Å². The summed E-state index contributed by atoms with van der Waals surface area (Å²) in [5.41, 5.74) is 2.91. The first-order valence-electron chi connectivity index (χ1n) is 10.2. The van der Waals surface area contributed by atoms with Gasteiger partial charge in [-0.3, -0.25) is 0 Å². The molecule has 1 N–H and O–H groups in total. The molecule has 1 aliphatic heterocycles. The smallest absolute Gasteiger partial charge is 0.337 e. The zero-order valence-electron chi connectivity index (χ0n) is 19.2. The third-order valence-corrected chi connectivity index (χ3v) is 6.03. The average molecular weight is 467 g/mol. The summed E-state index contributed by atoms with van der Waals surface area (Å²) in [6, 6.07) is 15.2. The van der Waals surface area contributed by atoms with E-state index in [0.29, 0.717) is 44.7 Å². The number of benzene rings is 2. The van der Waals surface area contributed by atoms with Gasteiger partial charge in [0.1, 0.15) is 6.61 Å². The maximum absolute atomic E-state index is 13.3. The summed E-state index contributed by atoms with van der Waals surface area (Å²) >= 11 is 1.40. The Kier molecular flexibility index (Phi) is 7.91. The van der Waals surface area contributed by atoms with Crippen molar-refractivity contribution in [3.05, 3.63) is 75.5 Å². The molecule has 0 aromatic heterocycles. The number of rotatable bonds is 8. The van der Waals surface area contributed by atoms with Crippen LogP contribution in [0.5, 0.6) is 17.2 Å². The monoisotopic (exact) mass is 466 g/mol. The van der Waals surface area contributed by atoms with Crippen LogP contribution in [0.1, 0.15) is 24.0 Å². The second-order valence-electron chi connectivity index (χ2n) is 7.18. The number of dihydropyridines is 1. The van der Waals surface area contributed by atoms with Gasteiger partial charge in [0.15, 0.2) is 11.5 Å². The van der Waals surface area contributed by atoms with Crippen LogP contribution in [0.2, 0.25) is 0 Å². The van der Waals surface area contributed by atoms with E-state index >= 15 is 0 Å². The van der Waals surface area contributed by atoms with Crippen LogP contribution < -0.4 is 19.5 Å². The van der Waals surface area contributed by atoms with E-state index in [2.05, 4.69) is 11.4 Å². The largest absolute Gasteiger partial charge is 0.493 e. The molecule has 2 aromatic carbocycles. The second kappa shape index (κ2) is 10.8. The van der Waals surface area contributed by atoms with Crippen LogP contribution in [0.15, 0.2) is 64.3 Å². The fraction of sp³-hybridized carbons (Fsp3) is 0.280. The molecule has 1 heterocycles. The van der Waals surface area contributed by atoms with E-state index < -0.39 is 11.9 Å². The molecule has 0 saturated heterocycles. The van der Waals surface area contributed by atoms with Gasteiger partial charge in [-0.25, -0.2) is 4.79 Å². The van der Waals surface area contributed by atoms with E-state index in [4.69, 9.17) is 18.9 Å². The molecule has 1 aliphatic rings. The Hall–Kier alpha value is -3.57. The Balaban J connectivity index is 2.11. The minimum absolute atomic E-state index is 0.124. The van der Waals surface area contributed by atoms with Crippen LogP contribution in [-0.2, 0) is 16.1 Å². The van der Waals surface area contributed by atoms with Gasteiger partial charge >= 0.3 is 5.97 Å². The first-order chi connectivity index (χ1) is 16.0. The van der Waals surface area contributed by atoms with Gasteiger partial charge in [-0.15, -0.1) is 11.8 Å². The molecular formula is C25H26N2O5S. The number of ether oxygens (including phenoxy) is 4. The zero-order valence-corrected chi connectivity index (χ0v) is 20.0. The van der Waals surface area contributed by atoms with E-state index in [1.807, 2.05) is 36.6 Å². The quantitative estimate of drug-likeness (QED) is 0.568. The third-order valence-electron chi connectivity index (χ3n) is 5.30. The Morgan fingerprint density at radius 1 is 1.09 bits per heavy atom. The Morgan fingerprint density at radius 3 is 2.24 bits per heavy atom. The highest BCUT2D eigenvalue weighted by atomic mass is 32.2. The van der Waals surface area contributed by atoms with Crippen LogP contribution >= 0.6 is 11.8 Å². The summed E-state index contributed by atoms with van der Waals surface area (Å²) in [6.45, 7) is 1.92. The Bertz CT molecular complexity index is 1110. The third kappa shape index (κ3) is 4.94. The highest BCUT2D eigenvalue weighted by molar-refractivity contribution is 8.02. The van der Waals surface area contributed by atoms with E-state index in [-0.39, 0.29) is 6.61 Å². The minimum atomic E-state index is -0.671. The highest BCUT2D eigenvalue weighted by Crippen LogP contribution is 2.46. The molecule has 1 atom stereocenters. The molecule has 0 bridgehead atoms. The fourth-order valence-electron chi connectivity index (χ4n) is 3.75. The lowest BCUT2D eigenvalue weighted by atomic mass is 9.82. The number of allylic oxidation sites excluding steroid dienone is 2. The van der Waals surface area contributed by atoms with Crippen molar-refractivity contribution >= 4 is 17.7 Å². The summed E-state index contributed by atoms with van der Waals surface area (Å²) in [5, 5.41) is 13.9. The molecule has 0 aliphatic carbocycles. The van der Waals surface area contributed by atoms with Gasteiger partial charge < -0.3 is 24.3 Å². The predicted molar refractivity (Wildman–Crippen MR) is 127 cm³/mol. The maximum Gasteiger partial charge on any atom is 0.337 e. The molecule has 3 rings (SSSR count). The number of nitrogens with zero attached hydrogens (tertiary/aromatic N) is 1. The summed E-state index contributed by atoms with van der Waals surface area (Å²) in [6.07, 6.45) is 1.87. The molecule has 172 valence electrons. The summed E-state index contributed by atoms with van der Waals surface area (Å²) in [4.78, 5) is 13.3. The lowest BCUT2D eigenvalue weighted by Crippen LogP contribution is -2.28. The van der Waals surface area contributed by atoms with Crippen LogP contribution in [0.4, 0.5) is 0 Å². The minimum Gasteiger partial charge on any atom is -0.493 e. The van der Waals surface area contributed by atoms with Gasteiger partial charge in [0.05, 0.1) is 49.5 Å². The summed E-state index contributed by atoms with van der Waals surface area (Å²) in [7, 11) is 4.56. The number of hydrogen-bond acceptors (Lipinski definition) is 8. The number of methoxy groups -OCH3 is 3. The van der Waals surface area contributed by atoms with Crippen molar-refractivity contribution in [2.75, 3.05) is 27.6 Å². The van der Waals surface area contributed by atoms with Crippen molar-refractivity contribution in [3.63, 3.8) is 0 Å². The second-order valence-corrected chi connectivity index (χ2v) is 7.99. The van der Waals surface area contributed by atoms with Crippen molar-refractivity contribution in [2.24, 2.45) is 0 Å². The van der Waals surface area contributed by atoms with Crippen molar-refractivity contribution < 1.29 is 23.7 Å². The molecule has 0 amide bonds. The maximum atomic E-state index is 13.3. The molecule has 33 heavy (non-hydrogen) atoms. The topological polar surface area (TPSA) is 89.8 Å². The Morgan fingerprint density at radius 2 is 1.73 bits per heavy atom. The lowest BCUT2D eigenvalue weighted by Gasteiger charge is -2.29.